The number of benzene rings is 2. The molecular weight excluding hydrogens is 235 g/mol. The molecule has 0 unspecified atom stereocenters. The van der Waals surface area contributed by atoms with E-state index in [9.17, 15) is 13.2 Å². The first-order valence-corrected chi connectivity index (χ1v) is 5.36. The molecule has 0 spiro atoms. The van der Waals surface area contributed by atoms with Gasteiger partial charge in [0.2, 0.25) is 0 Å². The predicted octanol–water partition coefficient (Wildman–Crippen LogP) is 4.42. The van der Waals surface area contributed by atoms with Gasteiger partial charge in [-0.05, 0) is 22.9 Å². The lowest BCUT2D eigenvalue weighted by atomic mass is 10.1. The van der Waals surface area contributed by atoms with Crippen molar-refractivity contribution in [1.29, 1.82) is 0 Å². The van der Waals surface area contributed by atoms with Gasteiger partial charge in [-0.2, -0.15) is 13.2 Å². The molecule has 2 aromatic carbocycles. The Morgan fingerprint density at radius 1 is 0.938 bits per heavy atom. The molecule has 0 heterocycles. The molecule has 0 fully saturated rings. The molecule has 1 nitrogen and oxygen atoms in total. The minimum atomic E-state index is -4.27. The average molecular weight is 243 g/mol. The summed E-state index contributed by atoms with van der Waals surface area (Å²) in [6.45, 7) is 0. The Labute approximate surface area is 94.8 Å². The van der Waals surface area contributed by atoms with Crippen LogP contribution in [0, 0.1) is 0 Å². The van der Waals surface area contributed by atoms with E-state index in [-0.39, 0.29) is 11.9 Å². The van der Waals surface area contributed by atoms with Gasteiger partial charge in [0, 0.05) is 5.69 Å². The van der Waals surface area contributed by atoms with Crippen LogP contribution in [0.1, 0.15) is 0 Å². The second kappa shape index (κ2) is 4.25. The zero-order chi connectivity index (χ0) is 11.6. The number of hydrogen-bond donors (Lipinski definition) is 1. The van der Waals surface area contributed by atoms with Gasteiger partial charge in [-0.15, -0.1) is 0 Å². The second-order valence-corrected chi connectivity index (χ2v) is 4.08. The highest BCUT2D eigenvalue weighted by molar-refractivity contribution is 8.01. The molecule has 2 aromatic rings. The average Bonchev–Trinajstić information content (AvgIpc) is 2.25. The van der Waals surface area contributed by atoms with Gasteiger partial charge in [0.15, 0.2) is 0 Å². The summed E-state index contributed by atoms with van der Waals surface area (Å²) in [5.74, 6) is 0. The lowest BCUT2D eigenvalue weighted by Gasteiger charge is -2.08. The SMILES string of the molecule is FC(F)(F)SNc1ccc2ccccc2c1. The largest absolute Gasteiger partial charge is 0.461 e. The summed E-state index contributed by atoms with van der Waals surface area (Å²) in [5.41, 5.74) is -3.83. The van der Waals surface area contributed by atoms with Gasteiger partial charge in [-0.1, -0.05) is 30.3 Å². The van der Waals surface area contributed by atoms with E-state index < -0.39 is 5.51 Å². The van der Waals surface area contributed by atoms with Gasteiger partial charge < -0.3 is 4.72 Å². The Kier molecular flexibility index (Phi) is 2.96. The van der Waals surface area contributed by atoms with Crippen LogP contribution >= 0.6 is 11.9 Å². The summed E-state index contributed by atoms with van der Waals surface area (Å²) in [5, 5.41) is 1.92. The molecule has 0 aromatic heterocycles. The van der Waals surface area contributed by atoms with E-state index in [2.05, 4.69) is 4.72 Å². The summed E-state index contributed by atoms with van der Waals surface area (Å²) in [6.07, 6.45) is 0. The number of anilines is 1. The Morgan fingerprint density at radius 2 is 1.62 bits per heavy atom. The number of nitrogens with one attached hydrogen (secondary N) is 1. The molecule has 0 aliphatic heterocycles. The monoisotopic (exact) mass is 243 g/mol. The number of rotatable bonds is 2. The molecule has 5 heteroatoms. The van der Waals surface area contributed by atoms with Crippen LogP contribution in [0.4, 0.5) is 18.9 Å². The van der Waals surface area contributed by atoms with Crippen molar-refractivity contribution in [2.45, 2.75) is 5.51 Å². The third-order valence-corrected chi connectivity index (χ3v) is 2.60. The van der Waals surface area contributed by atoms with E-state index >= 15 is 0 Å². The van der Waals surface area contributed by atoms with Crippen molar-refractivity contribution in [2.24, 2.45) is 0 Å². The van der Waals surface area contributed by atoms with Crippen LogP contribution in [0.3, 0.4) is 0 Å². The predicted molar refractivity (Wildman–Crippen MR) is 61.2 cm³/mol. The van der Waals surface area contributed by atoms with Crippen LogP contribution < -0.4 is 4.72 Å². The van der Waals surface area contributed by atoms with Crippen molar-refractivity contribution in [2.75, 3.05) is 4.72 Å². The topological polar surface area (TPSA) is 12.0 Å². The van der Waals surface area contributed by atoms with Crippen LogP contribution in [-0.2, 0) is 0 Å². The van der Waals surface area contributed by atoms with Crippen LogP contribution in [0.2, 0.25) is 0 Å². The first-order valence-electron chi connectivity index (χ1n) is 4.54. The van der Waals surface area contributed by atoms with Gasteiger partial charge in [-0.25, -0.2) is 0 Å². The van der Waals surface area contributed by atoms with Gasteiger partial charge in [0.1, 0.15) is 0 Å². The molecule has 0 bridgehead atoms. The molecule has 0 atom stereocenters. The van der Waals surface area contributed by atoms with Crippen molar-refractivity contribution >= 4 is 28.4 Å². The fourth-order valence-electron chi connectivity index (χ4n) is 1.37. The summed E-state index contributed by atoms with van der Waals surface area (Å²) < 4.78 is 38.1. The van der Waals surface area contributed by atoms with E-state index in [0.29, 0.717) is 5.69 Å². The van der Waals surface area contributed by atoms with Crippen molar-refractivity contribution in [1.82, 2.24) is 0 Å². The van der Waals surface area contributed by atoms with E-state index in [1.54, 1.807) is 18.2 Å². The van der Waals surface area contributed by atoms with Crippen molar-refractivity contribution < 1.29 is 13.2 Å². The zero-order valence-corrected chi connectivity index (χ0v) is 8.90. The van der Waals surface area contributed by atoms with Crippen molar-refractivity contribution in [3.63, 3.8) is 0 Å². The fraction of sp³-hybridized carbons (Fsp3) is 0.0909. The molecule has 0 amide bonds. The molecule has 0 aliphatic rings. The van der Waals surface area contributed by atoms with Gasteiger partial charge in [-0.3, -0.25) is 0 Å². The minimum Gasteiger partial charge on any atom is -0.323 e. The van der Waals surface area contributed by atoms with E-state index in [1.165, 1.54) is 0 Å². The highest BCUT2D eigenvalue weighted by Crippen LogP contribution is 2.31. The molecule has 1 N–H and O–H groups in total. The highest BCUT2D eigenvalue weighted by Gasteiger charge is 2.28. The van der Waals surface area contributed by atoms with E-state index in [0.717, 1.165) is 10.8 Å². The van der Waals surface area contributed by atoms with Gasteiger partial charge in [0.25, 0.3) is 0 Å². The molecule has 0 saturated carbocycles. The Morgan fingerprint density at radius 3 is 2.31 bits per heavy atom. The normalized spacial score (nSPS) is 11.7. The van der Waals surface area contributed by atoms with E-state index in [4.69, 9.17) is 0 Å². The Hall–Kier alpha value is -1.36. The van der Waals surface area contributed by atoms with Crippen LogP contribution in [0.15, 0.2) is 42.5 Å². The molecular formula is C11H8F3NS. The molecule has 0 saturated heterocycles. The van der Waals surface area contributed by atoms with Gasteiger partial charge >= 0.3 is 5.51 Å². The number of halogens is 3. The summed E-state index contributed by atoms with van der Waals surface area (Å²) in [6, 6.07) is 12.6. The standard InChI is InChI=1S/C11H8F3NS/c12-11(13,14)16-15-10-6-5-8-3-1-2-4-9(8)7-10/h1-7,15H. The number of hydrogen-bond acceptors (Lipinski definition) is 2. The summed E-state index contributed by atoms with van der Waals surface area (Å²) >= 11 is -0.255. The van der Waals surface area contributed by atoms with Crippen LogP contribution in [0.25, 0.3) is 10.8 Å². The maximum Gasteiger partial charge on any atom is 0.461 e. The third-order valence-electron chi connectivity index (χ3n) is 2.03. The fourth-order valence-corrected chi connectivity index (χ4v) is 1.73. The quantitative estimate of drug-likeness (QED) is 0.783. The Balaban J connectivity index is 2.20. The maximum atomic E-state index is 12.0. The maximum absolute atomic E-state index is 12.0. The molecule has 2 rings (SSSR count). The first kappa shape index (κ1) is 11.1. The third kappa shape index (κ3) is 2.82. The minimum absolute atomic E-state index is 0.255. The first-order chi connectivity index (χ1) is 7.54. The molecule has 0 aliphatic carbocycles. The summed E-state index contributed by atoms with van der Waals surface area (Å²) in [4.78, 5) is 0. The zero-order valence-electron chi connectivity index (χ0n) is 8.08. The summed E-state index contributed by atoms with van der Waals surface area (Å²) in [7, 11) is 0. The molecule has 84 valence electrons. The number of fused-ring (bicyclic) bond motifs is 1. The van der Waals surface area contributed by atoms with Crippen molar-refractivity contribution in [3.05, 3.63) is 42.5 Å². The van der Waals surface area contributed by atoms with Crippen LogP contribution in [-0.4, -0.2) is 5.51 Å². The second-order valence-electron chi connectivity index (χ2n) is 3.21. The van der Waals surface area contributed by atoms with Crippen LogP contribution in [0.5, 0.6) is 0 Å². The molecule has 0 radical (unpaired) electrons. The lowest BCUT2D eigenvalue weighted by molar-refractivity contribution is -0.0323. The van der Waals surface area contributed by atoms with Crippen molar-refractivity contribution in [3.8, 4) is 0 Å². The van der Waals surface area contributed by atoms with Gasteiger partial charge in [0.05, 0.1) is 11.9 Å². The number of alkyl halides is 3. The lowest BCUT2D eigenvalue weighted by Crippen LogP contribution is -2.04. The Bertz CT molecular complexity index is 496. The highest BCUT2D eigenvalue weighted by atomic mass is 32.2. The smallest absolute Gasteiger partial charge is 0.323 e. The van der Waals surface area contributed by atoms with E-state index in [1.807, 2.05) is 24.3 Å². The molecule has 16 heavy (non-hydrogen) atoms.